The number of aryl methyl sites for hydroxylation is 2. The highest BCUT2D eigenvalue weighted by Gasteiger charge is 2.32. The number of rotatable bonds is 8. The van der Waals surface area contributed by atoms with Crippen molar-refractivity contribution >= 4 is 17.4 Å². The van der Waals surface area contributed by atoms with Crippen molar-refractivity contribution in [2.45, 2.75) is 79.7 Å². The van der Waals surface area contributed by atoms with Crippen molar-refractivity contribution in [3.8, 4) is 0 Å². The number of hydrogen-bond donors (Lipinski definition) is 1. The number of aldehydes is 1. The van der Waals surface area contributed by atoms with Gasteiger partial charge >= 0.3 is 0 Å². The number of carbonyl (C=O) groups excluding carboxylic acids is 1. The van der Waals surface area contributed by atoms with E-state index in [9.17, 15) is 4.79 Å². The number of hydrogen-bond acceptors (Lipinski definition) is 5. The number of nitrogens with one attached hydrogen (secondary N) is 1. The normalized spacial score (nSPS) is 16.8. The Morgan fingerprint density at radius 2 is 1.91 bits per heavy atom. The quantitative estimate of drug-likeness (QED) is 0.447. The van der Waals surface area contributed by atoms with Crippen LogP contribution in [0.1, 0.15) is 99.3 Å². The van der Waals surface area contributed by atoms with E-state index in [1.54, 1.807) is 0 Å². The molecule has 1 atom stereocenters. The second-order valence-electron chi connectivity index (χ2n) is 10.4. The van der Waals surface area contributed by atoms with Gasteiger partial charge in [-0.2, -0.15) is 5.21 Å². The largest absolute Gasteiger partial charge is 0.321 e. The fraction of sp³-hybridized carbons (Fsp3) is 0.519. The van der Waals surface area contributed by atoms with Crippen molar-refractivity contribution in [3.05, 3.63) is 58.4 Å². The lowest BCUT2D eigenvalue weighted by Gasteiger charge is -2.35. The first kappa shape index (κ1) is 24.0. The molecular formula is C27H36N6O. The molecule has 1 unspecified atom stereocenters. The monoisotopic (exact) mass is 460 g/mol. The van der Waals surface area contributed by atoms with Crippen LogP contribution in [0.15, 0.2) is 24.3 Å². The summed E-state index contributed by atoms with van der Waals surface area (Å²) in [5.41, 5.74) is 6.71. The van der Waals surface area contributed by atoms with E-state index in [0.29, 0.717) is 24.0 Å². The van der Waals surface area contributed by atoms with E-state index in [1.165, 1.54) is 16.7 Å². The van der Waals surface area contributed by atoms with Crippen LogP contribution in [0.4, 0.5) is 0 Å². The summed E-state index contributed by atoms with van der Waals surface area (Å²) in [6, 6.07) is 8.73. The highest BCUT2D eigenvalue weighted by molar-refractivity contribution is 5.89. The van der Waals surface area contributed by atoms with Crippen LogP contribution in [0.5, 0.6) is 0 Å². The standard InChI is InChI=1S/C27H36N6O/c1-6-8-25-28-23(7-2)24(17-34)33(25)16-18-9-11-19(12-10-18)21-14-13-20(27(3,4)5)15-22(21)26-29-31-32-30-26/h9-12,17,20H,6-8,13-16H2,1-5H3,(H,29,30,31,32). The third-order valence-corrected chi connectivity index (χ3v) is 7.12. The molecule has 1 aliphatic carbocycles. The number of nitrogens with zero attached hydrogens (tertiary/aromatic N) is 5. The van der Waals surface area contributed by atoms with Crippen molar-refractivity contribution in [3.63, 3.8) is 0 Å². The fourth-order valence-electron chi connectivity index (χ4n) is 5.06. The number of benzene rings is 1. The highest BCUT2D eigenvalue weighted by Crippen LogP contribution is 2.45. The first-order valence-electron chi connectivity index (χ1n) is 12.4. The Morgan fingerprint density at radius 3 is 2.50 bits per heavy atom. The fourth-order valence-corrected chi connectivity index (χ4v) is 5.06. The summed E-state index contributed by atoms with van der Waals surface area (Å²) in [5, 5.41) is 15.1. The van der Waals surface area contributed by atoms with Crippen LogP contribution in [0.2, 0.25) is 0 Å². The minimum atomic E-state index is 0.235. The molecule has 1 aliphatic rings. The van der Waals surface area contributed by atoms with Crippen LogP contribution in [0.25, 0.3) is 11.1 Å². The summed E-state index contributed by atoms with van der Waals surface area (Å²) >= 11 is 0. The molecule has 0 aliphatic heterocycles. The van der Waals surface area contributed by atoms with Gasteiger partial charge in [0, 0.05) is 18.5 Å². The zero-order chi connectivity index (χ0) is 24.3. The number of aromatic amines is 1. The van der Waals surface area contributed by atoms with Crippen LogP contribution >= 0.6 is 0 Å². The molecule has 1 aromatic carbocycles. The first-order valence-corrected chi connectivity index (χ1v) is 12.4. The Morgan fingerprint density at radius 1 is 1.15 bits per heavy atom. The molecule has 3 aromatic rings. The maximum absolute atomic E-state index is 11.8. The minimum Gasteiger partial charge on any atom is -0.321 e. The van der Waals surface area contributed by atoms with Gasteiger partial charge in [-0.15, -0.1) is 10.2 Å². The molecule has 0 bridgehead atoms. The maximum atomic E-state index is 11.8. The van der Waals surface area contributed by atoms with E-state index >= 15 is 0 Å². The third-order valence-electron chi connectivity index (χ3n) is 7.12. The molecule has 0 radical (unpaired) electrons. The molecule has 34 heavy (non-hydrogen) atoms. The van der Waals surface area contributed by atoms with Crippen LogP contribution in [0.3, 0.4) is 0 Å². The molecule has 0 saturated heterocycles. The first-order chi connectivity index (χ1) is 16.4. The third kappa shape index (κ3) is 4.88. The van der Waals surface area contributed by atoms with E-state index in [2.05, 4.69) is 77.2 Å². The van der Waals surface area contributed by atoms with Gasteiger partial charge in [0.15, 0.2) is 6.29 Å². The summed E-state index contributed by atoms with van der Waals surface area (Å²) in [5.74, 6) is 2.28. The van der Waals surface area contributed by atoms with Crippen LogP contribution in [-0.2, 0) is 19.4 Å². The summed E-state index contributed by atoms with van der Waals surface area (Å²) < 4.78 is 2.09. The van der Waals surface area contributed by atoms with Gasteiger partial charge in [0.25, 0.3) is 0 Å². The number of allylic oxidation sites excluding steroid dienone is 2. The average Bonchev–Trinajstić information content (AvgIpc) is 3.47. The van der Waals surface area contributed by atoms with E-state index in [-0.39, 0.29) is 5.41 Å². The molecule has 7 heteroatoms. The van der Waals surface area contributed by atoms with E-state index < -0.39 is 0 Å². The number of aromatic nitrogens is 6. The van der Waals surface area contributed by atoms with Crippen molar-refractivity contribution in [2.24, 2.45) is 11.3 Å². The molecule has 0 spiro atoms. The van der Waals surface area contributed by atoms with Gasteiger partial charge in [-0.1, -0.05) is 58.9 Å². The highest BCUT2D eigenvalue weighted by atomic mass is 16.1. The number of carbonyl (C=O) groups is 1. The Hall–Kier alpha value is -3.09. The average molecular weight is 461 g/mol. The SMILES string of the molecule is CCCc1nc(CC)c(C=O)n1Cc1ccc(C2=C(c3nn[nH]n3)CC(C(C)(C)C)CC2)cc1. The smallest absolute Gasteiger partial charge is 0.200 e. The lowest BCUT2D eigenvalue weighted by Crippen LogP contribution is -2.24. The van der Waals surface area contributed by atoms with Crippen molar-refractivity contribution in [1.82, 2.24) is 30.2 Å². The Balaban J connectivity index is 1.65. The lowest BCUT2D eigenvalue weighted by atomic mass is 9.69. The molecule has 1 N–H and O–H groups in total. The molecule has 2 heterocycles. The summed E-state index contributed by atoms with van der Waals surface area (Å²) in [6.07, 6.45) is 6.70. The molecule has 2 aromatic heterocycles. The molecule has 0 fully saturated rings. The summed E-state index contributed by atoms with van der Waals surface area (Å²) in [6.45, 7) is 11.8. The summed E-state index contributed by atoms with van der Waals surface area (Å²) in [7, 11) is 0. The molecule has 4 rings (SSSR count). The second kappa shape index (κ2) is 10.0. The van der Waals surface area contributed by atoms with Gasteiger partial charge in [0.2, 0.25) is 5.82 Å². The maximum Gasteiger partial charge on any atom is 0.200 e. The van der Waals surface area contributed by atoms with Gasteiger partial charge in [0.05, 0.1) is 5.69 Å². The van der Waals surface area contributed by atoms with Crippen molar-refractivity contribution in [1.29, 1.82) is 0 Å². The minimum absolute atomic E-state index is 0.235. The Labute approximate surface area is 202 Å². The van der Waals surface area contributed by atoms with Crippen LogP contribution in [0, 0.1) is 11.3 Å². The summed E-state index contributed by atoms with van der Waals surface area (Å²) in [4.78, 5) is 16.6. The number of H-pyrrole nitrogens is 1. The van der Waals surface area contributed by atoms with Gasteiger partial charge in [-0.3, -0.25) is 4.79 Å². The lowest BCUT2D eigenvalue weighted by molar-refractivity contribution is 0.111. The molecule has 0 amide bonds. The molecule has 0 saturated carbocycles. The molecule has 7 nitrogen and oxygen atoms in total. The molecular weight excluding hydrogens is 424 g/mol. The van der Waals surface area contributed by atoms with Crippen LogP contribution in [-0.4, -0.2) is 36.5 Å². The van der Waals surface area contributed by atoms with Gasteiger partial charge < -0.3 is 4.57 Å². The van der Waals surface area contributed by atoms with Gasteiger partial charge in [-0.25, -0.2) is 4.98 Å². The zero-order valence-corrected chi connectivity index (χ0v) is 21.1. The predicted octanol–water partition coefficient (Wildman–Crippen LogP) is 5.53. The van der Waals surface area contributed by atoms with E-state index in [1.807, 2.05) is 6.92 Å². The molecule has 180 valence electrons. The topological polar surface area (TPSA) is 89.4 Å². The van der Waals surface area contributed by atoms with Gasteiger partial charge in [-0.05, 0) is 65.4 Å². The van der Waals surface area contributed by atoms with Crippen molar-refractivity contribution in [2.75, 3.05) is 0 Å². The van der Waals surface area contributed by atoms with E-state index in [4.69, 9.17) is 4.98 Å². The van der Waals surface area contributed by atoms with E-state index in [0.717, 1.165) is 61.9 Å². The number of tetrazole rings is 1. The number of imidazole rings is 1. The zero-order valence-electron chi connectivity index (χ0n) is 21.1. The Bertz CT molecular complexity index is 1150. The second-order valence-corrected chi connectivity index (χ2v) is 10.4. The van der Waals surface area contributed by atoms with Crippen molar-refractivity contribution < 1.29 is 4.79 Å². The van der Waals surface area contributed by atoms with Gasteiger partial charge in [0.1, 0.15) is 11.5 Å². The van der Waals surface area contributed by atoms with Crippen LogP contribution < -0.4 is 0 Å². The predicted molar refractivity (Wildman–Crippen MR) is 134 cm³/mol. The Kier molecular flexibility index (Phi) is 7.10.